The minimum absolute atomic E-state index is 0.308. The zero-order valence-electron chi connectivity index (χ0n) is 11.0. The van der Waals surface area contributed by atoms with E-state index in [0.717, 1.165) is 45.5 Å². The standard InChI is InChI=1S/C13H25NO3/c1-11(2)17-10-9-14-7-5-12(6-8-14)3-4-13(15)16/h11-12H,3-10H2,1-2H3,(H,15,16). The van der Waals surface area contributed by atoms with Crippen LogP contribution in [0, 0.1) is 5.92 Å². The minimum Gasteiger partial charge on any atom is -0.481 e. The Morgan fingerprint density at radius 2 is 2.06 bits per heavy atom. The van der Waals surface area contributed by atoms with Gasteiger partial charge in [-0.05, 0) is 52.1 Å². The van der Waals surface area contributed by atoms with Gasteiger partial charge < -0.3 is 14.7 Å². The van der Waals surface area contributed by atoms with Crippen LogP contribution >= 0.6 is 0 Å². The van der Waals surface area contributed by atoms with Crippen molar-refractivity contribution in [2.24, 2.45) is 5.92 Å². The Bertz CT molecular complexity index is 223. The highest BCUT2D eigenvalue weighted by Gasteiger charge is 2.19. The molecule has 1 N–H and O–H groups in total. The predicted octanol–water partition coefficient (Wildman–Crippen LogP) is 1.99. The summed E-state index contributed by atoms with van der Waals surface area (Å²) >= 11 is 0. The van der Waals surface area contributed by atoms with Crippen molar-refractivity contribution in [2.45, 2.75) is 45.6 Å². The molecule has 0 aromatic carbocycles. The summed E-state index contributed by atoms with van der Waals surface area (Å²) in [5.74, 6) is -0.0638. The quantitative estimate of drug-likeness (QED) is 0.743. The van der Waals surface area contributed by atoms with E-state index >= 15 is 0 Å². The highest BCUT2D eigenvalue weighted by atomic mass is 16.5. The molecule has 0 saturated carbocycles. The van der Waals surface area contributed by atoms with Crippen molar-refractivity contribution in [3.05, 3.63) is 0 Å². The van der Waals surface area contributed by atoms with Gasteiger partial charge in [0.15, 0.2) is 0 Å². The van der Waals surface area contributed by atoms with Crippen molar-refractivity contribution in [3.63, 3.8) is 0 Å². The third kappa shape index (κ3) is 6.64. The van der Waals surface area contributed by atoms with E-state index in [2.05, 4.69) is 18.7 Å². The minimum atomic E-state index is -0.669. The summed E-state index contributed by atoms with van der Waals surface area (Å²) in [5.41, 5.74) is 0. The first kappa shape index (κ1) is 14.5. The average molecular weight is 243 g/mol. The van der Waals surface area contributed by atoms with Crippen molar-refractivity contribution >= 4 is 5.97 Å². The number of piperidine rings is 1. The number of rotatable bonds is 7. The van der Waals surface area contributed by atoms with Gasteiger partial charge in [-0.1, -0.05) is 0 Å². The first-order valence-electron chi connectivity index (χ1n) is 6.63. The van der Waals surface area contributed by atoms with E-state index in [1.165, 1.54) is 0 Å². The lowest BCUT2D eigenvalue weighted by Gasteiger charge is -2.31. The number of ether oxygens (including phenoxy) is 1. The van der Waals surface area contributed by atoms with Crippen molar-refractivity contribution in [2.75, 3.05) is 26.2 Å². The lowest BCUT2D eigenvalue weighted by Crippen LogP contribution is -2.36. The van der Waals surface area contributed by atoms with Gasteiger partial charge in [0.2, 0.25) is 0 Å². The molecule has 4 nitrogen and oxygen atoms in total. The van der Waals surface area contributed by atoms with E-state index in [-0.39, 0.29) is 0 Å². The molecule has 0 aromatic heterocycles. The Hall–Kier alpha value is -0.610. The number of carbonyl (C=O) groups is 1. The molecule has 4 heteroatoms. The fourth-order valence-corrected chi connectivity index (χ4v) is 2.24. The summed E-state index contributed by atoms with van der Waals surface area (Å²) in [6.45, 7) is 8.09. The molecular weight excluding hydrogens is 218 g/mol. The summed E-state index contributed by atoms with van der Waals surface area (Å²) in [5, 5.41) is 8.64. The number of aliphatic carboxylic acids is 1. The van der Waals surface area contributed by atoms with Gasteiger partial charge in [-0.25, -0.2) is 0 Å². The monoisotopic (exact) mass is 243 g/mol. The number of nitrogens with zero attached hydrogens (tertiary/aromatic N) is 1. The second kappa shape index (κ2) is 7.67. The molecular formula is C13H25NO3. The molecule has 0 bridgehead atoms. The number of carboxylic acid groups (broad SMARTS) is 1. The first-order valence-corrected chi connectivity index (χ1v) is 6.63. The van der Waals surface area contributed by atoms with Gasteiger partial charge in [-0.3, -0.25) is 4.79 Å². The van der Waals surface area contributed by atoms with Gasteiger partial charge >= 0.3 is 5.97 Å². The Labute approximate surface area is 104 Å². The summed E-state index contributed by atoms with van der Waals surface area (Å²) in [4.78, 5) is 12.9. The molecule has 17 heavy (non-hydrogen) atoms. The third-order valence-electron chi connectivity index (χ3n) is 3.33. The third-order valence-corrected chi connectivity index (χ3v) is 3.33. The smallest absolute Gasteiger partial charge is 0.303 e. The number of hydrogen-bond donors (Lipinski definition) is 1. The SMILES string of the molecule is CC(C)OCCN1CCC(CCC(=O)O)CC1. The van der Waals surface area contributed by atoms with E-state index in [0.29, 0.717) is 18.4 Å². The van der Waals surface area contributed by atoms with Gasteiger partial charge in [-0.2, -0.15) is 0 Å². The van der Waals surface area contributed by atoms with Crippen LogP contribution in [-0.2, 0) is 9.53 Å². The molecule has 1 aliphatic heterocycles. The van der Waals surface area contributed by atoms with E-state index < -0.39 is 5.97 Å². The molecule has 0 spiro atoms. The lowest BCUT2D eigenvalue weighted by molar-refractivity contribution is -0.137. The van der Waals surface area contributed by atoms with Gasteiger partial charge in [0.25, 0.3) is 0 Å². The molecule has 0 unspecified atom stereocenters. The average Bonchev–Trinajstić information content (AvgIpc) is 2.27. The van der Waals surface area contributed by atoms with Crippen LogP contribution in [0.1, 0.15) is 39.5 Å². The van der Waals surface area contributed by atoms with E-state index in [4.69, 9.17) is 9.84 Å². The van der Waals surface area contributed by atoms with Gasteiger partial charge in [0, 0.05) is 13.0 Å². The van der Waals surface area contributed by atoms with Crippen LogP contribution in [0.2, 0.25) is 0 Å². The van der Waals surface area contributed by atoms with Crippen LogP contribution in [0.5, 0.6) is 0 Å². The Morgan fingerprint density at radius 3 is 2.59 bits per heavy atom. The maximum Gasteiger partial charge on any atom is 0.303 e. The van der Waals surface area contributed by atoms with Gasteiger partial charge in [0.05, 0.1) is 12.7 Å². The largest absolute Gasteiger partial charge is 0.481 e. The number of hydrogen-bond acceptors (Lipinski definition) is 3. The van der Waals surface area contributed by atoms with Crippen molar-refractivity contribution in [1.29, 1.82) is 0 Å². The highest BCUT2D eigenvalue weighted by molar-refractivity contribution is 5.66. The highest BCUT2D eigenvalue weighted by Crippen LogP contribution is 2.21. The molecule has 0 aromatic rings. The van der Waals surface area contributed by atoms with Crippen molar-refractivity contribution in [3.8, 4) is 0 Å². The van der Waals surface area contributed by atoms with E-state index in [1.807, 2.05) is 0 Å². The van der Waals surface area contributed by atoms with Crippen LogP contribution in [0.4, 0.5) is 0 Å². The molecule has 1 aliphatic rings. The second-order valence-corrected chi connectivity index (χ2v) is 5.14. The molecule has 0 atom stereocenters. The maximum atomic E-state index is 10.5. The second-order valence-electron chi connectivity index (χ2n) is 5.14. The van der Waals surface area contributed by atoms with Gasteiger partial charge in [0.1, 0.15) is 0 Å². The van der Waals surface area contributed by atoms with E-state index in [9.17, 15) is 4.79 Å². The number of carboxylic acids is 1. The summed E-state index contributed by atoms with van der Waals surface area (Å²) in [7, 11) is 0. The Kier molecular flexibility index (Phi) is 6.52. The molecule has 1 heterocycles. The van der Waals surface area contributed by atoms with Crippen LogP contribution in [0.25, 0.3) is 0 Å². The molecule has 1 rings (SSSR count). The number of likely N-dealkylation sites (tertiary alicyclic amines) is 1. The summed E-state index contributed by atoms with van der Waals surface area (Å²) in [6.07, 6.45) is 3.74. The lowest BCUT2D eigenvalue weighted by atomic mass is 9.92. The van der Waals surface area contributed by atoms with Crippen LogP contribution in [0.3, 0.4) is 0 Å². The molecule has 100 valence electrons. The first-order chi connectivity index (χ1) is 8.08. The van der Waals surface area contributed by atoms with Crippen molar-refractivity contribution < 1.29 is 14.6 Å². The van der Waals surface area contributed by atoms with Crippen LogP contribution in [-0.4, -0.2) is 48.3 Å². The fraction of sp³-hybridized carbons (Fsp3) is 0.923. The normalized spacial score (nSPS) is 18.8. The van der Waals surface area contributed by atoms with Crippen molar-refractivity contribution in [1.82, 2.24) is 4.90 Å². The molecule has 1 fully saturated rings. The fourth-order valence-electron chi connectivity index (χ4n) is 2.24. The van der Waals surface area contributed by atoms with Crippen LogP contribution < -0.4 is 0 Å². The van der Waals surface area contributed by atoms with Gasteiger partial charge in [-0.15, -0.1) is 0 Å². The Balaban J connectivity index is 2.07. The maximum absolute atomic E-state index is 10.5. The molecule has 0 aliphatic carbocycles. The topological polar surface area (TPSA) is 49.8 Å². The summed E-state index contributed by atoms with van der Waals surface area (Å²) < 4.78 is 5.53. The zero-order valence-corrected chi connectivity index (χ0v) is 11.0. The van der Waals surface area contributed by atoms with Crippen LogP contribution in [0.15, 0.2) is 0 Å². The molecule has 0 radical (unpaired) electrons. The Morgan fingerprint density at radius 1 is 1.41 bits per heavy atom. The molecule has 1 saturated heterocycles. The summed E-state index contributed by atoms with van der Waals surface area (Å²) in [6, 6.07) is 0. The van der Waals surface area contributed by atoms with E-state index in [1.54, 1.807) is 0 Å². The zero-order chi connectivity index (χ0) is 12.7. The predicted molar refractivity (Wildman–Crippen MR) is 67.1 cm³/mol. The molecule has 0 amide bonds.